The molecule has 0 aromatic heterocycles. The van der Waals surface area contributed by atoms with E-state index in [1.807, 2.05) is 44.2 Å². The predicted molar refractivity (Wildman–Crippen MR) is 73.2 cm³/mol. The molecule has 0 fully saturated rings. The summed E-state index contributed by atoms with van der Waals surface area (Å²) in [6.45, 7) is 4.03. The maximum absolute atomic E-state index is 11.2. The maximum atomic E-state index is 11.2. The van der Waals surface area contributed by atoms with Crippen LogP contribution < -0.4 is 0 Å². The van der Waals surface area contributed by atoms with Gasteiger partial charge in [0.25, 0.3) is 0 Å². The van der Waals surface area contributed by atoms with Gasteiger partial charge in [-0.25, -0.2) is 0 Å². The van der Waals surface area contributed by atoms with Gasteiger partial charge in [0.2, 0.25) is 0 Å². The first kappa shape index (κ1) is 22.6. The Kier molecular flexibility index (Phi) is 8.31. The van der Waals surface area contributed by atoms with Gasteiger partial charge in [0.1, 0.15) is 6.61 Å². The summed E-state index contributed by atoms with van der Waals surface area (Å²) in [5.41, 5.74) is 1.02. The van der Waals surface area contributed by atoms with E-state index < -0.39 is 23.9 Å². The molecule has 0 aliphatic heterocycles. The first-order chi connectivity index (χ1) is 11.3. The number of carbonyl (C=O) groups excluding carboxylic acids is 3. The van der Waals surface area contributed by atoms with Gasteiger partial charge in [0.05, 0.1) is 5.92 Å². The smallest absolute Gasteiger partial charge is 0.458 e. The highest BCUT2D eigenvalue weighted by molar-refractivity contribution is 6.41. The Morgan fingerprint density at radius 3 is 1.60 bits per heavy atom. The summed E-state index contributed by atoms with van der Waals surface area (Å²) in [4.78, 5) is 30.3. The van der Waals surface area contributed by atoms with Gasteiger partial charge in [-0.2, -0.15) is 26.3 Å². The average Bonchev–Trinajstić information content (AvgIpc) is 2.50. The Balaban J connectivity index is 0.000000463. The van der Waals surface area contributed by atoms with Gasteiger partial charge in [-0.3, -0.25) is 14.4 Å². The van der Waals surface area contributed by atoms with E-state index in [0.717, 1.165) is 5.56 Å². The molecule has 0 aliphatic rings. The van der Waals surface area contributed by atoms with Crippen LogP contribution in [-0.2, 0) is 25.7 Å². The lowest BCUT2D eigenvalue weighted by molar-refractivity contribution is -0.193. The highest BCUT2D eigenvalue weighted by atomic mass is 19.4. The van der Waals surface area contributed by atoms with Crippen LogP contribution in [-0.4, -0.2) is 29.9 Å². The Bertz CT molecular complexity index is 566. The molecule has 1 aromatic rings. The molecule has 0 spiro atoms. The second kappa shape index (κ2) is 9.19. The molecule has 0 atom stereocenters. The van der Waals surface area contributed by atoms with Gasteiger partial charge >= 0.3 is 29.9 Å². The van der Waals surface area contributed by atoms with E-state index in [9.17, 15) is 40.7 Å². The van der Waals surface area contributed by atoms with Crippen molar-refractivity contribution < 1.29 is 45.5 Å². The fourth-order valence-corrected chi connectivity index (χ4v) is 1.15. The lowest BCUT2D eigenvalue weighted by Crippen LogP contribution is -2.39. The van der Waals surface area contributed by atoms with E-state index in [1.165, 1.54) is 0 Å². The SMILES string of the molecule is CC(C)C(=O)OCc1ccccc1.O=C(C(=O)C(F)(F)F)C(F)(F)F. The van der Waals surface area contributed by atoms with Gasteiger partial charge in [-0.05, 0) is 5.56 Å². The normalized spacial score (nSPS) is 11.4. The standard InChI is InChI=1S/C11H14O2.C4F6O2/c1-9(2)11(12)13-8-10-6-4-3-5-7-10;5-3(6,7)1(11)2(12)4(8,9)10/h3-7,9H,8H2,1-2H3;. The zero-order chi connectivity index (χ0) is 19.8. The third-order valence-electron chi connectivity index (χ3n) is 2.42. The summed E-state index contributed by atoms with van der Waals surface area (Å²) >= 11 is 0. The van der Waals surface area contributed by atoms with Gasteiger partial charge in [0, 0.05) is 0 Å². The van der Waals surface area contributed by atoms with Crippen molar-refractivity contribution in [2.45, 2.75) is 32.8 Å². The van der Waals surface area contributed by atoms with E-state index in [1.54, 1.807) is 0 Å². The highest BCUT2D eigenvalue weighted by Crippen LogP contribution is 2.23. The fourth-order valence-electron chi connectivity index (χ4n) is 1.15. The molecule has 0 heterocycles. The average molecular weight is 372 g/mol. The maximum Gasteiger partial charge on any atom is 0.458 e. The minimum absolute atomic E-state index is 0.0521. The lowest BCUT2D eigenvalue weighted by atomic mass is 10.2. The van der Waals surface area contributed by atoms with Gasteiger partial charge in [-0.1, -0.05) is 44.2 Å². The number of alkyl halides is 6. The van der Waals surface area contributed by atoms with E-state index in [0.29, 0.717) is 6.61 Å². The number of rotatable bonds is 4. The molecule has 0 aliphatic carbocycles. The van der Waals surface area contributed by atoms with Crippen molar-refractivity contribution in [1.82, 2.24) is 0 Å². The summed E-state index contributed by atoms with van der Waals surface area (Å²) in [7, 11) is 0. The van der Waals surface area contributed by atoms with Crippen LogP contribution in [0.15, 0.2) is 30.3 Å². The molecule has 0 N–H and O–H groups in total. The van der Waals surface area contributed by atoms with E-state index in [4.69, 9.17) is 4.74 Å². The molecule has 0 unspecified atom stereocenters. The van der Waals surface area contributed by atoms with Crippen LogP contribution in [0.4, 0.5) is 26.3 Å². The summed E-state index contributed by atoms with van der Waals surface area (Å²) in [5.74, 6) is -7.02. The van der Waals surface area contributed by atoms with Crippen LogP contribution in [0.25, 0.3) is 0 Å². The number of halogens is 6. The molecule has 0 bridgehead atoms. The van der Waals surface area contributed by atoms with E-state index >= 15 is 0 Å². The molecule has 10 heteroatoms. The van der Waals surface area contributed by atoms with Gasteiger partial charge in [-0.15, -0.1) is 0 Å². The van der Waals surface area contributed by atoms with Crippen LogP contribution in [0.1, 0.15) is 19.4 Å². The first-order valence-corrected chi connectivity index (χ1v) is 6.70. The third kappa shape index (κ3) is 8.87. The van der Waals surface area contributed by atoms with Crippen molar-refractivity contribution in [2.24, 2.45) is 5.92 Å². The Morgan fingerprint density at radius 2 is 1.28 bits per heavy atom. The Morgan fingerprint density at radius 1 is 0.880 bits per heavy atom. The van der Waals surface area contributed by atoms with Gasteiger partial charge in [0.15, 0.2) is 0 Å². The van der Waals surface area contributed by atoms with Crippen LogP contribution in [0.2, 0.25) is 0 Å². The quantitative estimate of drug-likeness (QED) is 0.460. The molecule has 25 heavy (non-hydrogen) atoms. The first-order valence-electron chi connectivity index (χ1n) is 6.70. The van der Waals surface area contributed by atoms with E-state index in [-0.39, 0.29) is 11.9 Å². The topological polar surface area (TPSA) is 60.4 Å². The molecule has 0 saturated heterocycles. The predicted octanol–water partition coefficient (Wildman–Crippen LogP) is 3.64. The van der Waals surface area contributed by atoms with Crippen LogP contribution >= 0.6 is 0 Å². The number of esters is 1. The lowest BCUT2D eigenvalue weighted by Gasteiger charge is -2.06. The molecular weight excluding hydrogens is 358 g/mol. The van der Waals surface area contributed by atoms with Crippen molar-refractivity contribution in [3.05, 3.63) is 35.9 Å². The van der Waals surface area contributed by atoms with E-state index in [2.05, 4.69) is 0 Å². The molecule has 1 rings (SSSR count). The number of ketones is 2. The Hall–Kier alpha value is -2.39. The second-order valence-electron chi connectivity index (χ2n) is 4.90. The molecular formula is C15H14F6O4. The number of benzene rings is 1. The summed E-state index contributed by atoms with van der Waals surface area (Å²) in [5, 5.41) is 0. The number of hydrogen-bond donors (Lipinski definition) is 0. The summed E-state index contributed by atoms with van der Waals surface area (Å²) < 4.78 is 72.0. The van der Waals surface area contributed by atoms with Crippen molar-refractivity contribution >= 4 is 17.5 Å². The molecule has 0 saturated carbocycles. The fraction of sp³-hybridized carbons (Fsp3) is 0.400. The number of ether oxygens (including phenoxy) is 1. The van der Waals surface area contributed by atoms with Crippen molar-refractivity contribution in [3.8, 4) is 0 Å². The van der Waals surface area contributed by atoms with Crippen molar-refractivity contribution in [1.29, 1.82) is 0 Å². The summed E-state index contributed by atoms with van der Waals surface area (Å²) in [6.07, 6.45) is -11.5. The molecule has 0 radical (unpaired) electrons. The van der Waals surface area contributed by atoms with Crippen molar-refractivity contribution in [2.75, 3.05) is 0 Å². The van der Waals surface area contributed by atoms with Crippen molar-refractivity contribution in [3.63, 3.8) is 0 Å². The largest absolute Gasteiger partial charge is 0.461 e. The molecule has 140 valence electrons. The number of Topliss-reactive ketones (excluding diaryl/α,β-unsaturated/α-hetero) is 2. The van der Waals surface area contributed by atoms with Crippen LogP contribution in [0.5, 0.6) is 0 Å². The molecule has 4 nitrogen and oxygen atoms in total. The monoisotopic (exact) mass is 372 g/mol. The van der Waals surface area contributed by atoms with Crippen LogP contribution in [0, 0.1) is 5.92 Å². The molecule has 0 amide bonds. The summed E-state index contributed by atoms with van der Waals surface area (Å²) in [6, 6.07) is 9.67. The second-order valence-corrected chi connectivity index (χ2v) is 4.90. The van der Waals surface area contributed by atoms with Crippen LogP contribution in [0.3, 0.4) is 0 Å². The minimum atomic E-state index is -5.77. The Labute approximate surface area is 138 Å². The third-order valence-corrected chi connectivity index (χ3v) is 2.42. The zero-order valence-electron chi connectivity index (χ0n) is 13.1. The number of carbonyl (C=O) groups is 3. The highest BCUT2D eigenvalue weighted by Gasteiger charge is 2.54. The van der Waals surface area contributed by atoms with Gasteiger partial charge < -0.3 is 4.74 Å². The minimum Gasteiger partial charge on any atom is -0.461 e. The zero-order valence-corrected chi connectivity index (χ0v) is 13.1. The molecule has 1 aromatic carbocycles. The number of hydrogen-bond acceptors (Lipinski definition) is 4.